The predicted octanol–water partition coefficient (Wildman–Crippen LogP) is 1.65. The summed E-state index contributed by atoms with van der Waals surface area (Å²) in [4.78, 5) is 34.3. The Morgan fingerprint density at radius 1 is 1.43 bits per heavy atom. The molecular formula is C13H14ClN3O4. The third kappa shape index (κ3) is 3.69. The molecule has 2 N–H and O–H groups in total. The first-order valence-electron chi connectivity index (χ1n) is 6.51. The molecule has 112 valence electrons. The largest absolute Gasteiger partial charge is 0.354 e. The number of nitrogens with zero attached hydrogens (tertiary/aromatic N) is 1. The number of nitrogens with one attached hydrogen (secondary N) is 2. The molecule has 2 rings (SSSR count). The summed E-state index contributed by atoms with van der Waals surface area (Å²) in [6, 6.07) is 3.06. The third-order valence-electron chi connectivity index (χ3n) is 3.24. The summed E-state index contributed by atoms with van der Waals surface area (Å²) in [5.74, 6) is -0.947. The second kappa shape index (κ2) is 6.53. The zero-order valence-electron chi connectivity index (χ0n) is 11.1. The summed E-state index contributed by atoms with van der Waals surface area (Å²) in [6.45, 7) is 0.572. The minimum absolute atomic E-state index is 0.149. The lowest BCUT2D eigenvalue weighted by atomic mass is 10.1. The van der Waals surface area contributed by atoms with Crippen LogP contribution in [0, 0.1) is 10.1 Å². The van der Waals surface area contributed by atoms with Gasteiger partial charge in [-0.15, -0.1) is 0 Å². The van der Waals surface area contributed by atoms with Crippen LogP contribution < -0.4 is 10.6 Å². The van der Waals surface area contributed by atoms with Crippen LogP contribution in [0.2, 0.25) is 5.02 Å². The SMILES string of the molecule is O=C(NC1CCCCNC1=O)c1cc(Cl)ccc1[N+](=O)[O-]. The fourth-order valence-corrected chi connectivity index (χ4v) is 2.33. The number of halogens is 1. The van der Waals surface area contributed by atoms with Crippen LogP contribution in [-0.4, -0.2) is 29.3 Å². The number of nitro benzene ring substituents is 1. The van der Waals surface area contributed by atoms with Gasteiger partial charge in [-0.05, 0) is 31.4 Å². The highest BCUT2D eigenvalue weighted by atomic mass is 35.5. The summed E-state index contributed by atoms with van der Waals surface area (Å²) in [7, 11) is 0. The van der Waals surface area contributed by atoms with Crippen LogP contribution in [0.3, 0.4) is 0 Å². The first-order valence-corrected chi connectivity index (χ1v) is 6.89. The molecule has 0 saturated carbocycles. The van der Waals surface area contributed by atoms with E-state index in [1.165, 1.54) is 18.2 Å². The third-order valence-corrected chi connectivity index (χ3v) is 3.48. The van der Waals surface area contributed by atoms with Crippen LogP contribution in [0.15, 0.2) is 18.2 Å². The smallest absolute Gasteiger partial charge is 0.282 e. The van der Waals surface area contributed by atoms with E-state index >= 15 is 0 Å². The number of benzene rings is 1. The van der Waals surface area contributed by atoms with Gasteiger partial charge in [-0.1, -0.05) is 11.6 Å². The van der Waals surface area contributed by atoms with Crippen molar-refractivity contribution in [1.82, 2.24) is 10.6 Å². The number of rotatable bonds is 3. The van der Waals surface area contributed by atoms with Crippen molar-refractivity contribution in [3.63, 3.8) is 0 Å². The maximum atomic E-state index is 12.2. The van der Waals surface area contributed by atoms with E-state index in [1.54, 1.807) is 0 Å². The molecule has 7 nitrogen and oxygen atoms in total. The minimum Gasteiger partial charge on any atom is -0.354 e. The topological polar surface area (TPSA) is 101 Å². The highest BCUT2D eigenvalue weighted by molar-refractivity contribution is 6.31. The number of nitro groups is 1. The number of hydrogen-bond acceptors (Lipinski definition) is 4. The van der Waals surface area contributed by atoms with Crippen LogP contribution in [-0.2, 0) is 4.79 Å². The lowest BCUT2D eigenvalue weighted by molar-refractivity contribution is -0.385. The van der Waals surface area contributed by atoms with Gasteiger partial charge in [0, 0.05) is 17.6 Å². The first-order chi connectivity index (χ1) is 9.99. The molecule has 1 aromatic rings. The van der Waals surface area contributed by atoms with E-state index in [0.717, 1.165) is 12.8 Å². The lowest BCUT2D eigenvalue weighted by Crippen LogP contribution is -2.45. The average molecular weight is 312 g/mol. The van der Waals surface area contributed by atoms with Gasteiger partial charge in [-0.25, -0.2) is 0 Å². The number of carbonyl (C=O) groups is 2. The molecule has 1 atom stereocenters. The molecule has 1 heterocycles. The summed E-state index contributed by atoms with van der Waals surface area (Å²) < 4.78 is 0. The van der Waals surface area contributed by atoms with Gasteiger partial charge >= 0.3 is 0 Å². The van der Waals surface area contributed by atoms with E-state index in [4.69, 9.17) is 11.6 Å². The second-order valence-corrected chi connectivity index (χ2v) is 5.17. The molecule has 1 fully saturated rings. The Hall–Kier alpha value is -2.15. The lowest BCUT2D eigenvalue weighted by Gasteiger charge is -2.15. The zero-order valence-corrected chi connectivity index (χ0v) is 11.9. The fourth-order valence-electron chi connectivity index (χ4n) is 2.16. The van der Waals surface area contributed by atoms with Crippen LogP contribution in [0.1, 0.15) is 29.6 Å². The molecule has 1 saturated heterocycles. The molecular weight excluding hydrogens is 298 g/mol. The highest BCUT2D eigenvalue weighted by Gasteiger charge is 2.26. The molecule has 21 heavy (non-hydrogen) atoms. The first kappa shape index (κ1) is 15.2. The van der Waals surface area contributed by atoms with Crippen LogP contribution in [0.25, 0.3) is 0 Å². The Kier molecular flexibility index (Phi) is 4.74. The second-order valence-electron chi connectivity index (χ2n) is 4.73. The standard InChI is InChI=1S/C13H14ClN3O4/c14-8-4-5-11(17(20)21)9(7-8)12(18)16-10-3-1-2-6-15-13(10)19/h4-5,7,10H,1-3,6H2,(H,15,19)(H,16,18). The van der Waals surface area contributed by atoms with Gasteiger partial charge in [0.25, 0.3) is 11.6 Å². The molecule has 0 radical (unpaired) electrons. The van der Waals surface area contributed by atoms with Gasteiger partial charge in [0.1, 0.15) is 11.6 Å². The molecule has 2 amide bonds. The molecule has 1 aromatic carbocycles. The molecule has 0 bridgehead atoms. The number of carbonyl (C=O) groups excluding carboxylic acids is 2. The monoisotopic (exact) mass is 311 g/mol. The Balaban J connectivity index is 2.21. The van der Waals surface area contributed by atoms with Crippen LogP contribution >= 0.6 is 11.6 Å². The predicted molar refractivity (Wildman–Crippen MR) is 76.2 cm³/mol. The van der Waals surface area contributed by atoms with Gasteiger partial charge in [0.2, 0.25) is 5.91 Å². The zero-order chi connectivity index (χ0) is 15.4. The van der Waals surface area contributed by atoms with Crippen LogP contribution in [0.5, 0.6) is 0 Å². The summed E-state index contributed by atoms with van der Waals surface area (Å²) >= 11 is 5.78. The van der Waals surface area contributed by atoms with Gasteiger partial charge in [-0.2, -0.15) is 0 Å². The quantitative estimate of drug-likeness (QED) is 0.654. The van der Waals surface area contributed by atoms with Crippen molar-refractivity contribution in [2.45, 2.75) is 25.3 Å². The normalized spacial score (nSPS) is 18.5. The number of amides is 2. The molecule has 0 spiro atoms. The molecule has 1 unspecified atom stereocenters. The maximum Gasteiger partial charge on any atom is 0.282 e. The Labute approximate surface area is 125 Å². The van der Waals surface area contributed by atoms with Crippen molar-refractivity contribution < 1.29 is 14.5 Å². The van der Waals surface area contributed by atoms with Crippen molar-refractivity contribution in [2.24, 2.45) is 0 Å². The average Bonchev–Trinajstić information content (AvgIpc) is 2.63. The highest BCUT2D eigenvalue weighted by Crippen LogP contribution is 2.23. The maximum absolute atomic E-state index is 12.2. The molecule has 1 aliphatic rings. The van der Waals surface area contributed by atoms with E-state index < -0.39 is 16.9 Å². The van der Waals surface area contributed by atoms with Gasteiger partial charge < -0.3 is 10.6 Å². The fraction of sp³-hybridized carbons (Fsp3) is 0.385. The Morgan fingerprint density at radius 2 is 2.19 bits per heavy atom. The molecule has 8 heteroatoms. The van der Waals surface area contributed by atoms with Crippen molar-refractivity contribution in [1.29, 1.82) is 0 Å². The molecule has 0 aromatic heterocycles. The van der Waals surface area contributed by atoms with E-state index in [2.05, 4.69) is 10.6 Å². The van der Waals surface area contributed by atoms with Gasteiger partial charge in [0.15, 0.2) is 0 Å². The Morgan fingerprint density at radius 3 is 2.90 bits per heavy atom. The summed E-state index contributed by atoms with van der Waals surface area (Å²) in [6.07, 6.45) is 2.14. The summed E-state index contributed by atoms with van der Waals surface area (Å²) in [5, 5.41) is 16.4. The van der Waals surface area contributed by atoms with E-state index in [-0.39, 0.29) is 22.2 Å². The van der Waals surface area contributed by atoms with E-state index in [0.29, 0.717) is 13.0 Å². The van der Waals surface area contributed by atoms with E-state index in [1.807, 2.05) is 0 Å². The van der Waals surface area contributed by atoms with Crippen molar-refractivity contribution in [3.8, 4) is 0 Å². The van der Waals surface area contributed by atoms with Gasteiger partial charge in [0.05, 0.1) is 4.92 Å². The minimum atomic E-state index is -0.682. The molecule has 1 aliphatic heterocycles. The summed E-state index contributed by atoms with van der Waals surface area (Å²) in [5.41, 5.74) is -0.490. The van der Waals surface area contributed by atoms with Crippen molar-refractivity contribution >= 4 is 29.1 Å². The Bertz CT molecular complexity index is 591. The van der Waals surface area contributed by atoms with E-state index in [9.17, 15) is 19.7 Å². The van der Waals surface area contributed by atoms with Crippen molar-refractivity contribution in [2.75, 3.05) is 6.54 Å². The van der Waals surface area contributed by atoms with Crippen molar-refractivity contribution in [3.05, 3.63) is 38.9 Å². The molecule has 0 aliphatic carbocycles. The van der Waals surface area contributed by atoms with Crippen LogP contribution in [0.4, 0.5) is 5.69 Å². The van der Waals surface area contributed by atoms with Gasteiger partial charge in [-0.3, -0.25) is 19.7 Å². The number of hydrogen-bond donors (Lipinski definition) is 2.